The molecule has 2 aromatic rings. The molecule has 116 valence electrons. The van der Waals surface area contributed by atoms with E-state index in [2.05, 4.69) is 26.3 Å². The molecule has 22 heavy (non-hydrogen) atoms. The first kappa shape index (κ1) is 15.1. The number of pyridine rings is 1. The first-order valence-corrected chi connectivity index (χ1v) is 8.52. The van der Waals surface area contributed by atoms with Gasteiger partial charge in [-0.05, 0) is 31.5 Å². The van der Waals surface area contributed by atoms with Gasteiger partial charge in [-0.25, -0.2) is 4.98 Å². The Labute approximate surface area is 134 Å². The summed E-state index contributed by atoms with van der Waals surface area (Å²) in [6.45, 7) is 2.84. The summed E-state index contributed by atoms with van der Waals surface area (Å²) < 4.78 is 0. The van der Waals surface area contributed by atoms with E-state index in [1.807, 2.05) is 23.7 Å². The number of likely N-dealkylation sites (tertiary alicyclic amines) is 1. The Morgan fingerprint density at radius 1 is 1.36 bits per heavy atom. The fourth-order valence-electron chi connectivity index (χ4n) is 2.78. The summed E-state index contributed by atoms with van der Waals surface area (Å²) >= 11 is 1.46. The second kappa shape index (κ2) is 7.47. The van der Waals surface area contributed by atoms with Gasteiger partial charge in [0.15, 0.2) is 5.13 Å². The van der Waals surface area contributed by atoms with Crippen LogP contribution in [0.2, 0.25) is 0 Å². The van der Waals surface area contributed by atoms with Crippen LogP contribution in [0.3, 0.4) is 0 Å². The van der Waals surface area contributed by atoms with Crippen LogP contribution < -0.4 is 5.32 Å². The number of anilines is 1. The molecule has 0 aromatic carbocycles. The lowest BCUT2D eigenvalue weighted by Gasteiger charge is -2.31. The molecule has 2 aromatic heterocycles. The van der Waals surface area contributed by atoms with Gasteiger partial charge in [-0.3, -0.25) is 9.78 Å². The monoisotopic (exact) mass is 316 g/mol. The van der Waals surface area contributed by atoms with Crippen LogP contribution in [0, 0.1) is 5.92 Å². The zero-order valence-corrected chi connectivity index (χ0v) is 13.3. The molecule has 1 unspecified atom stereocenters. The highest BCUT2D eigenvalue weighted by molar-refractivity contribution is 7.13. The van der Waals surface area contributed by atoms with Gasteiger partial charge in [0.2, 0.25) is 5.91 Å². The van der Waals surface area contributed by atoms with E-state index in [0.717, 1.165) is 44.6 Å². The standard InChI is InChI=1S/C16H20N4OS/c21-15(19-16-18-8-11-22-16)13-4-3-9-20(12-13)10-6-14-5-1-2-7-17-14/h1-2,5,7-8,11,13H,3-4,6,9-10,12H2,(H,18,19,21). The molecule has 0 spiro atoms. The maximum atomic E-state index is 12.3. The van der Waals surface area contributed by atoms with Gasteiger partial charge in [-0.2, -0.15) is 0 Å². The molecular formula is C16H20N4OS. The third kappa shape index (κ3) is 4.11. The number of nitrogens with zero attached hydrogens (tertiary/aromatic N) is 3. The molecule has 3 heterocycles. The maximum absolute atomic E-state index is 12.3. The van der Waals surface area contributed by atoms with E-state index in [1.165, 1.54) is 11.3 Å². The van der Waals surface area contributed by atoms with Crippen LogP contribution in [-0.2, 0) is 11.2 Å². The molecule has 3 rings (SSSR count). The number of carbonyl (C=O) groups excluding carboxylic acids is 1. The van der Waals surface area contributed by atoms with Crippen LogP contribution in [0.4, 0.5) is 5.13 Å². The quantitative estimate of drug-likeness (QED) is 0.920. The molecule has 0 aliphatic carbocycles. The predicted molar refractivity (Wildman–Crippen MR) is 87.8 cm³/mol. The van der Waals surface area contributed by atoms with Crippen LogP contribution in [0.1, 0.15) is 18.5 Å². The van der Waals surface area contributed by atoms with Gasteiger partial charge in [0.25, 0.3) is 0 Å². The third-order valence-corrected chi connectivity index (χ3v) is 4.64. The highest BCUT2D eigenvalue weighted by Crippen LogP contribution is 2.19. The van der Waals surface area contributed by atoms with Crippen molar-refractivity contribution in [3.05, 3.63) is 41.7 Å². The second-order valence-corrected chi connectivity index (χ2v) is 6.43. The summed E-state index contributed by atoms with van der Waals surface area (Å²) in [6.07, 6.45) is 6.49. The summed E-state index contributed by atoms with van der Waals surface area (Å²) in [6, 6.07) is 6.00. The fraction of sp³-hybridized carbons (Fsp3) is 0.438. The zero-order chi connectivity index (χ0) is 15.2. The minimum Gasteiger partial charge on any atom is -0.302 e. The van der Waals surface area contributed by atoms with Crippen molar-refractivity contribution in [3.8, 4) is 0 Å². The summed E-state index contributed by atoms with van der Waals surface area (Å²) in [4.78, 5) is 23.1. The molecule has 1 fully saturated rings. The first-order valence-electron chi connectivity index (χ1n) is 7.64. The van der Waals surface area contributed by atoms with Crippen LogP contribution >= 0.6 is 11.3 Å². The largest absolute Gasteiger partial charge is 0.302 e. The van der Waals surface area contributed by atoms with Gasteiger partial charge in [-0.15, -0.1) is 11.3 Å². The molecule has 1 aliphatic rings. The average molecular weight is 316 g/mol. The highest BCUT2D eigenvalue weighted by Gasteiger charge is 2.26. The number of carbonyl (C=O) groups is 1. The van der Waals surface area contributed by atoms with E-state index >= 15 is 0 Å². The van der Waals surface area contributed by atoms with Gasteiger partial charge in [0.1, 0.15) is 0 Å². The number of thiazole rings is 1. The Kier molecular flexibility index (Phi) is 5.13. The average Bonchev–Trinajstić information content (AvgIpc) is 3.07. The van der Waals surface area contributed by atoms with Gasteiger partial charge in [0.05, 0.1) is 5.92 Å². The normalized spacial score (nSPS) is 19.0. The van der Waals surface area contributed by atoms with Crippen LogP contribution in [0.5, 0.6) is 0 Å². The predicted octanol–water partition coefficient (Wildman–Crippen LogP) is 2.43. The topological polar surface area (TPSA) is 58.1 Å². The number of piperidine rings is 1. The van der Waals surface area contributed by atoms with Crippen molar-refractivity contribution < 1.29 is 4.79 Å². The van der Waals surface area contributed by atoms with Crippen LogP contribution in [-0.4, -0.2) is 40.4 Å². The van der Waals surface area contributed by atoms with Gasteiger partial charge >= 0.3 is 0 Å². The zero-order valence-electron chi connectivity index (χ0n) is 12.4. The molecule has 1 amide bonds. The number of hydrogen-bond donors (Lipinski definition) is 1. The summed E-state index contributed by atoms with van der Waals surface area (Å²) in [5, 5.41) is 5.48. The third-order valence-electron chi connectivity index (χ3n) is 3.95. The van der Waals surface area contributed by atoms with E-state index < -0.39 is 0 Å². The van der Waals surface area contributed by atoms with Crippen molar-refractivity contribution in [2.24, 2.45) is 5.92 Å². The molecule has 1 saturated heterocycles. The van der Waals surface area contributed by atoms with Crippen molar-refractivity contribution in [1.29, 1.82) is 0 Å². The van der Waals surface area contributed by atoms with Crippen molar-refractivity contribution in [1.82, 2.24) is 14.9 Å². The Bertz CT molecular complexity index is 587. The van der Waals surface area contributed by atoms with Crippen LogP contribution in [0.25, 0.3) is 0 Å². The molecule has 0 radical (unpaired) electrons. The van der Waals surface area contributed by atoms with E-state index in [4.69, 9.17) is 0 Å². The number of amides is 1. The molecule has 1 aliphatic heterocycles. The minimum absolute atomic E-state index is 0.0568. The molecule has 6 heteroatoms. The molecule has 0 bridgehead atoms. The van der Waals surface area contributed by atoms with Crippen LogP contribution in [0.15, 0.2) is 36.0 Å². The fourth-order valence-corrected chi connectivity index (χ4v) is 3.32. The Balaban J connectivity index is 1.49. The lowest BCUT2D eigenvalue weighted by molar-refractivity contribution is -0.121. The Morgan fingerprint density at radius 3 is 3.09 bits per heavy atom. The van der Waals surface area contributed by atoms with Crippen molar-refractivity contribution in [2.45, 2.75) is 19.3 Å². The van der Waals surface area contributed by atoms with Gasteiger partial charge in [0, 0.05) is 43.0 Å². The lowest BCUT2D eigenvalue weighted by Crippen LogP contribution is -2.41. The molecular weight excluding hydrogens is 296 g/mol. The van der Waals surface area contributed by atoms with Crippen molar-refractivity contribution in [2.75, 3.05) is 25.0 Å². The minimum atomic E-state index is 0.0568. The van der Waals surface area contributed by atoms with Crippen molar-refractivity contribution >= 4 is 22.4 Å². The van der Waals surface area contributed by atoms with E-state index in [-0.39, 0.29) is 11.8 Å². The molecule has 0 saturated carbocycles. The Hall–Kier alpha value is -1.79. The number of nitrogens with one attached hydrogen (secondary N) is 1. The Morgan fingerprint density at radius 2 is 2.32 bits per heavy atom. The first-order chi connectivity index (χ1) is 10.8. The SMILES string of the molecule is O=C(Nc1nccs1)C1CCCN(CCc2ccccn2)C1. The van der Waals surface area contributed by atoms with Crippen molar-refractivity contribution in [3.63, 3.8) is 0 Å². The summed E-state index contributed by atoms with van der Waals surface area (Å²) in [5.74, 6) is 0.152. The molecule has 5 nitrogen and oxygen atoms in total. The van der Waals surface area contributed by atoms with Gasteiger partial charge < -0.3 is 10.2 Å². The second-order valence-electron chi connectivity index (χ2n) is 5.54. The van der Waals surface area contributed by atoms with E-state index in [1.54, 1.807) is 6.20 Å². The lowest BCUT2D eigenvalue weighted by atomic mass is 9.97. The summed E-state index contributed by atoms with van der Waals surface area (Å²) in [5.41, 5.74) is 1.11. The van der Waals surface area contributed by atoms with E-state index in [0.29, 0.717) is 5.13 Å². The number of aromatic nitrogens is 2. The van der Waals surface area contributed by atoms with E-state index in [9.17, 15) is 4.79 Å². The number of rotatable bonds is 5. The highest BCUT2D eigenvalue weighted by atomic mass is 32.1. The smallest absolute Gasteiger partial charge is 0.230 e. The molecule has 1 atom stereocenters. The number of hydrogen-bond acceptors (Lipinski definition) is 5. The maximum Gasteiger partial charge on any atom is 0.230 e. The molecule has 1 N–H and O–H groups in total. The summed E-state index contributed by atoms with van der Waals surface area (Å²) in [7, 11) is 0. The van der Waals surface area contributed by atoms with Gasteiger partial charge in [-0.1, -0.05) is 6.07 Å².